The van der Waals surface area contributed by atoms with E-state index in [0.29, 0.717) is 44.2 Å². The summed E-state index contributed by atoms with van der Waals surface area (Å²) < 4.78 is 0.569. The maximum atomic E-state index is 13.7. The number of nitrogens with two attached hydrogens (primary N) is 1. The quantitative estimate of drug-likeness (QED) is 0.306. The third-order valence-corrected chi connectivity index (χ3v) is 9.78. The molecule has 8 nitrogen and oxygen atoms in total. The summed E-state index contributed by atoms with van der Waals surface area (Å²) >= 11 is 9.09. The van der Waals surface area contributed by atoms with Crippen LogP contribution >= 0.6 is 34.7 Å². The van der Waals surface area contributed by atoms with Crippen LogP contribution in [-0.2, 0) is 9.59 Å². The second-order valence-corrected chi connectivity index (χ2v) is 13.5. The molecule has 2 heterocycles. The van der Waals surface area contributed by atoms with Gasteiger partial charge in [0.2, 0.25) is 11.0 Å². The molecule has 2 aromatic carbocycles. The number of benzene rings is 2. The number of nitriles is 1. The summed E-state index contributed by atoms with van der Waals surface area (Å²) in [6.45, 7) is 8.04. The minimum absolute atomic E-state index is 0.0475. The third kappa shape index (κ3) is 5.62. The van der Waals surface area contributed by atoms with Gasteiger partial charge in [-0.2, -0.15) is 5.26 Å². The normalized spacial score (nSPS) is 18.3. The van der Waals surface area contributed by atoms with Crippen molar-refractivity contribution in [2.45, 2.75) is 50.8 Å². The van der Waals surface area contributed by atoms with Crippen molar-refractivity contribution < 1.29 is 9.59 Å². The van der Waals surface area contributed by atoms with Gasteiger partial charge in [-0.3, -0.25) is 14.5 Å². The largest absolute Gasteiger partial charge is 0.384 e. The lowest BCUT2D eigenvalue weighted by molar-refractivity contribution is -0.118. The van der Waals surface area contributed by atoms with Gasteiger partial charge in [-0.25, -0.2) is 0 Å². The molecule has 1 amide bonds. The van der Waals surface area contributed by atoms with Crippen molar-refractivity contribution in [2.75, 3.05) is 16.0 Å². The molecule has 0 fully saturated rings. The Labute approximate surface area is 252 Å². The van der Waals surface area contributed by atoms with Crippen molar-refractivity contribution in [3.63, 3.8) is 0 Å². The first-order chi connectivity index (χ1) is 19.5. The molecule has 1 aliphatic heterocycles. The minimum atomic E-state index is -0.668. The summed E-state index contributed by atoms with van der Waals surface area (Å²) in [4.78, 5) is 28.1. The molecule has 5 rings (SSSR count). The number of thioether (sulfide) groups is 1. The Kier molecular flexibility index (Phi) is 7.97. The summed E-state index contributed by atoms with van der Waals surface area (Å²) in [5.74, 6) is -0.531. The number of aryl methyl sites for hydroxylation is 1. The number of ketones is 1. The van der Waals surface area contributed by atoms with Crippen LogP contribution in [0.4, 0.5) is 10.8 Å². The molecule has 1 aliphatic carbocycles. The number of allylic oxidation sites excluding steroid dienone is 3. The number of nitrogens with zero attached hydrogens (tertiary/aromatic N) is 4. The van der Waals surface area contributed by atoms with E-state index in [9.17, 15) is 14.9 Å². The number of Topliss-reactive ketones (excluding diaryl/α,β-unsaturated/α-hetero) is 1. The number of nitrogens with one attached hydrogen (secondary N) is 1. The van der Waals surface area contributed by atoms with Gasteiger partial charge in [-0.05, 0) is 54.5 Å². The number of anilines is 2. The highest BCUT2D eigenvalue weighted by molar-refractivity contribution is 8.01. The molecule has 3 aromatic rings. The number of aromatic nitrogens is 2. The zero-order valence-electron chi connectivity index (χ0n) is 23.1. The molecular formula is C30H29ClN6O2S2. The van der Waals surface area contributed by atoms with Crippen LogP contribution in [0.2, 0.25) is 5.02 Å². The number of carbonyl (C=O) groups excluding carboxylic acids is 2. The second kappa shape index (κ2) is 11.3. The third-order valence-electron chi connectivity index (χ3n) is 7.39. The fourth-order valence-electron chi connectivity index (χ4n) is 5.30. The predicted octanol–water partition coefficient (Wildman–Crippen LogP) is 6.48. The Bertz CT molecular complexity index is 1670. The maximum Gasteiger partial charge on any atom is 0.234 e. The van der Waals surface area contributed by atoms with Gasteiger partial charge >= 0.3 is 0 Å². The van der Waals surface area contributed by atoms with E-state index in [0.717, 1.165) is 16.8 Å². The van der Waals surface area contributed by atoms with Crippen LogP contribution in [0.15, 0.2) is 69.5 Å². The zero-order chi connectivity index (χ0) is 29.5. The molecule has 1 atom stereocenters. The Balaban J connectivity index is 1.47. The van der Waals surface area contributed by atoms with Gasteiger partial charge in [0.25, 0.3) is 0 Å². The fourth-order valence-corrected chi connectivity index (χ4v) is 7.22. The SMILES string of the molecule is Cc1cccc(NC(=O)CSc2nnc(N3C(N)=C(C#N)C(c4ccccc4Cl)C4=C3CC(C)(C)CC4=O)s2)c1C. The molecule has 3 N–H and O–H groups in total. The van der Waals surface area contributed by atoms with E-state index in [2.05, 4.69) is 21.6 Å². The highest BCUT2D eigenvalue weighted by Crippen LogP contribution is 2.51. The molecule has 0 spiro atoms. The van der Waals surface area contributed by atoms with E-state index >= 15 is 0 Å². The number of hydrogen-bond acceptors (Lipinski definition) is 9. The Hall–Kier alpha value is -3.65. The first-order valence-corrected chi connectivity index (χ1v) is 15.2. The molecule has 41 heavy (non-hydrogen) atoms. The first kappa shape index (κ1) is 28.9. The smallest absolute Gasteiger partial charge is 0.234 e. The number of carbonyl (C=O) groups is 2. The van der Waals surface area contributed by atoms with Gasteiger partial charge < -0.3 is 11.1 Å². The molecule has 0 radical (unpaired) electrons. The lowest BCUT2D eigenvalue weighted by Gasteiger charge is -2.42. The number of amides is 1. The van der Waals surface area contributed by atoms with Gasteiger partial charge in [0.15, 0.2) is 10.1 Å². The average Bonchev–Trinajstić information content (AvgIpc) is 3.37. The van der Waals surface area contributed by atoms with Crippen LogP contribution in [-0.4, -0.2) is 27.6 Å². The Morgan fingerprint density at radius 3 is 2.71 bits per heavy atom. The molecule has 210 valence electrons. The Morgan fingerprint density at radius 2 is 1.98 bits per heavy atom. The van der Waals surface area contributed by atoms with E-state index in [1.54, 1.807) is 11.0 Å². The van der Waals surface area contributed by atoms with Gasteiger partial charge in [0, 0.05) is 28.4 Å². The highest BCUT2D eigenvalue weighted by Gasteiger charge is 2.45. The number of halogens is 1. The Morgan fingerprint density at radius 1 is 1.22 bits per heavy atom. The molecule has 0 saturated heterocycles. The highest BCUT2D eigenvalue weighted by atomic mass is 35.5. The minimum Gasteiger partial charge on any atom is -0.384 e. The van der Waals surface area contributed by atoms with E-state index in [1.807, 2.05) is 64.1 Å². The van der Waals surface area contributed by atoms with Crippen molar-refractivity contribution in [3.8, 4) is 6.07 Å². The van der Waals surface area contributed by atoms with E-state index in [-0.39, 0.29) is 34.3 Å². The lowest BCUT2D eigenvalue weighted by atomic mass is 9.68. The molecule has 0 bridgehead atoms. The first-order valence-electron chi connectivity index (χ1n) is 13.0. The van der Waals surface area contributed by atoms with Crippen LogP contribution in [0, 0.1) is 30.6 Å². The summed E-state index contributed by atoms with van der Waals surface area (Å²) in [5.41, 5.74) is 11.4. The van der Waals surface area contributed by atoms with E-state index in [4.69, 9.17) is 17.3 Å². The summed E-state index contributed by atoms with van der Waals surface area (Å²) in [5, 5.41) is 22.8. The van der Waals surface area contributed by atoms with E-state index < -0.39 is 5.92 Å². The van der Waals surface area contributed by atoms with Crippen LogP contribution in [0.3, 0.4) is 0 Å². The topological polar surface area (TPSA) is 125 Å². The van der Waals surface area contributed by atoms with Crippen molar-refractivity contribution in [1.29, 1.82) is 5.26 Å². The molecule has 11 heteroatoms. The monoisotopic (exact) mass is 604 g/mol. The standard InChI is InChI=1S/C30H29ClN6O2S2/c1-16-8-7-11-21(17(16)2)34-24(39)15-40-29-36-35-28(41-29)37-22-12-30(3,4)13-23(38)26(22)25(19(14-32)27(37)33)18-9-5-6-10-20(18)31/h5-11,25H,12-13,15,33H2,1-4H3,(H,34,39). The van der Waals surface area contributed by atoms with Crippen molar-refractivity contribution in [1.82, 2.24) is 10.2 Å². The summed E-state index contributed by atoms with van der Waals surface area (Å²) in [6.07, 6.45) is 0.890. The van der Waals surface area contributed by atoms with Gasteiger partial charge in [-0.15, -0.1) is 10.2 Å². The fraction of sp³-hybridized carbons (Fsp3) is 0.300. The van der Waals surface area contributed by atoms with Crippen molar-refractivity contribution in [3.05, 3.63) is 86.8 Å². The lowest BCUT2D eigenvalue weighted by Crippen LogP contribution is -2.42. The average molecular weight is 605 g/mol. The zero-order valence-corrected chi connectivity index (χ0v) is 25.5. The van der Waals surface area contributed by atoms with Crippen molar-refractivity contribution >= 4 is 57.2 Å². The number of rotatable bonds is 6. The number of hydrogen-bond donors (Lipinski definition) is 2. The molecular weight excluding hydrogens is 576 g/mol. The molecule has 2 aliphatic rings. The summed E-state index contributed by atoms with van der Waals surface area (Å²) in [7, 11) is 0. The van der Waals surface area contributed by atoms with Crippen LogP contribution in [0.5, 0.6) is 0 Å². The van der Waals surface area contributed by atoms with Crippen LogP contribution in [0.1, 0.15) is 49.3 Å². The van der Waals surface area contributed by atoms with Gasteiger partial charge in [0.1, 0.15) is 5.82 Å². The van der Waals surface area contributed by atoms with Gasteiger partial charge in [0.05, 0.1) is 23.3 Å². The summed E-state index contributed by atoms with van der Waals surface area (Å²) in [6, 6.07) is 15.2. The molecule has 1 unspecified atom stereocenters. The van der Waals surface area contributed by atoms with Crippen molar-refractivity contribution in [2.24, 2.45) is 11.1 Å². The maximum absolute atomic E-state index is 13.7. The molecule has 0 saturated carbocycles. The van der Waals surface area contributed by atoms with Crippen LogP contribution < -0.4 is 16.0 Å². The van der Waals surface area contributed by atoms with E-state index in [1.165, 1.54) is 23.1 Å². The van der Waals surface area contributed by atoms with Gasteiger partial charge in [-0.1, -0.05) is 78.9 Å². The second-order valence-electron chi connectivity index (χ2n) is 10.9. The van der Waals surface area contributed by atoms with Crippen LogP contribution in [0.25, 0.3) is 0 Å². The predicted molar refractivity (Wildman–Crippen MR) is 164 cm³/mol. The molecule has 1 aromatic heterocycles.